The summed E-state index contributed by atoms with van der Waals surface area (Å²) >= 11 is 0. The fourth-order valence-electron chi connectivity index (χ4n) is 1.94. The molecule has 0 unspecified atom stereocenters. The van der Waals surface area contributed by atoms with E-state index in [2.05, 4.69) is 32.8 Å². The lowest BCUT2D eigenvalue weighted by atomic mass is 10.3. The van der Waals surface area contributed by atoms with Gasteiger partial charge in [-0.1, -0.05) is 6.07 Å². The van der Waals surface area contributed by atoms with Crippen LogP contribution < -0.4 is 5.32 Å². The van der Waals surface area contributed by atoms with Gasteiger partial charge in [-0.2, -0.15) is 0 Å². The molecule has 92 valence electrons. The van der Waals surface area contributed by atoms with Gasteiger partial charge in [0.2, 0.25) is 0 Å². The van der Waals surface area contributed by atoms with Gasteiger partial charge >= 0.3 is 0 Å². The predicted molar refractivity (Wildman–Crippen MR) is 70.1 cm³/mol. The summed E-state index contributed by atoms with van der Waals surface area (Å²) in [6.45, 7) is 3.07. The van der Waals surface area contributed by atoms with E-state index in [-0.39, 0.29) is 0 Å². The highest BCUT2D eigenvalue weighted by Gasteiger charge is 2.04. The Morgan fingerprint density at radius 1 is 1.41 bits per heavy atom. The van der Waals surface area contributed by atoms with Crippen molar-refractivity contribution in [2.24, 2.45) is 0 Å². The second-order valence-corrected chi connectivity index (χ2v) is 4.39. The van der Waals surface area contributed by atoms with Gasteiger partial charge in [-0.3, -0.25) is 0 Å². The third-order valence-corrected chi connectivity index (χ3v) is 2.81. The highest BCUT2D eigenvalue weighted by atomic mass is 15.1. The summed E-state index contributed by atoms with van der Waals surface area (Å²) in [5.41, 5.74) is 2.15. The molecule has 0 atom stereocenters. The molecule has 0 aromatic carbocycles. The van der Waals surface area contributed by atoms with Gasteiger partial charge in [0.15, 0.2) is 0 Å². The molecule has 0 saturated heterocycles. The number of nitrogens with zero attached hydrogens (tertiary/aromatic N) is 3. The van der Waals surface area contributed by atoms with E-state index >= 15 is 0 Å². The molecular weight excluding hydrogens is 212 g/mol. The standard InChI is InChI=1S/C13H20N4/c1-14-7-5-8-16(2)10-12-11-17-9-4-3-6-13(17)15-12/h3-4,6,9,11,14H,5,7-8,10H2,1-2H3. The van der Waals surface area contributed by atoms with E-state index in [4.69, 9.17) is 0 Å². The van der Waals surface area contributed by atoms with Crippen LogP contribution in [0.4, 0.5) is 0 Å². The van der Waals surface area contributed by atoms with E-state index in [1.807, 2.05) is 31.4 Å². The number of imidazole rings is 1. The Balaban J connectivity index is 1.93. The fraction of sp³-hybridized carbons (Fsp3) is 0.462. The Labute approximate surface area is 102 Å². The van der Waals surface area contributed by atoms with E-state index in [1.165, 1.54) is 6.42 Å². The molecule has 2 rings (SSSR count). The fourth-order valence-corrected chi connectivity index (χ4v) is 1.94. The van der Waals surface area contributed by atoms with E-state index < -0.39 is 0 Å². The predicted octanol–water partition coefficient (Wildman–Crippen LogP) is 1.38. The highest BCUT2D eigenvalue weighted by Crippen LogP contribution is 2.06. The van der Waals surface area contributed by atoms with Gasteiger partial charge in [0.25, 0.3) is 0 Å². The summed E-state index contributed by atoms with van der Waals surface area (Å²) in [4.78, 5) is 6.89. The first-order valence-electron chi connectivity index (χ1n) is 6.05. The van der Waals surface area contributed by atoms with Crippen LogP contribution in [0.2, 0.25) is 0 Å². The van der Waals surface area contributed by atoms with Crippen LogP contribution in [0.5, 0.6) is 0 Å². The normalized spacial score (nSPS) is 11.5. The second kappa shape index (κ2) is 5.80. The van der Waals surface area contributed by atoms with Gasteiger partial charge in [0.1, 0.15) is 5.65 Å². The van der Waals surface area contributed by atoms with Gasteiger partial charge in [0.05, 0.1) is 5.69 Å². The Hall–Kier alpha value is -1.39. The van der Waals surface area contributed by atoms with Crippen LogP contribution >= 0.6 is 0 Å². The molecule has 0 amide bonds. The van der Waals surface area contributed by atoms with Crippen molar-refractivity contribution < 1.29 is 0 Å². The number of aromatic nitrogens is 2. The van der Waals surface area contributed by atoms with Crippen LogP contribution in [0.3, 0.4) is 0 Å². The number of rotatable bonds is 6. The van der Waals surface area contributed by atoms with E-state index in [0.717, 1.165) is 31.0 Å². The summed E-state index contributed by atoms with van der Waals surface area (Å²) in [7, 11) is 4.13. The first-order chi connectivity index (χ1) is 8.29. The monoisotopic (exact) mass is 232 g/mol. The summed E-state index contributed by atoms with van der Waals surface area (Å²) in [5, 5.41) is 3.16. The molecule has 0 bridgehead atoms. The smallest absolute Gasteiger partial charge is 0.137 e. The van der Waals surface area contributed by atoms with Gasteiger partial charge in [-0.25, -0.2) is 4.98 Å². The minimum atomic E-state index is 0.908. The molecule has 0 fully saturated rings. The zero-order valence-electron chi connectivity index (χ0n) is 10.6. The maximum Gasteiger partial charge on any atom is 0.137 e. The van der Waals surface area contributed by atoms with Gasteiger partial charge in [0, 0.05) is 18.9 Å². The molecule has 2 aromatic rings. The molecule has 2 heterocycles. The average Bonchev–Trinajstić information content (AvgIpc) is 2.71. The molecule has 0 saturated carbocycles. The number of hydrogen-bond donors (Lipinski definition) is 1. The van der Waals surface area contributed by atoms with Gasteiger partial charge in [-0.15, -0.1) is 0 Å². The van der Waals surface area contributed by atoms with Crippen molar-refractivity contribution in [1.82, 2.24) is 19.6 Å². The maximum atomic E-state index is 4.59. The van der Waals surface area contributed by atoms with Gasteiger partial charge < -0.3 is 14.6 Å². The van der Waals surface area contributed by atoms with Crippen molar-refractivity contribution in [3.8, 4) is 0 Å². The lowest BCUT2D eigenvalue weighted by Gasteiger charge is -2.14. The van der Waals surface area contributed by atoms with Crippen LogP contribution in [0.1, 0.15) is 12.1 Å². The number of nitrogens with one attached hydrogen (secondary N) is 1. The lowest BCUT2D eigenvalue weighted by molar-refractivity contribution is 0.318. The molecule has 0 aliphatic rings. The molecule has 2 aromatic heterocycles. The molecule has 17 heavy (non-hydrogen) atoms. The largest absolute Gasteiger partial charge is 0.320 e. The molecular formula is C13H20N4. The Morgan fingerprint density at radius 2 is 2.29 bits per heavy atom. The Kier molecular flexibility index (Phi) is 4.12. The minimum Gasteiger partial charge on any atom is -0.320 e. The zero-order valence-corrected chi connectivity index (χ0v) is 10.6. The summed E-state index contributed by atoms with van der Waals surface area (Å²) in [6.07, 6.45) is 5.30. The van der Waals surface area contributed by atoms with E-state index in [1.54, 1.807) is 0 Å². The van der Waals surface area contributed by atoms with Crippen LogP contribution in [0.15, 0.2) is 30.6 Å². The Bertz CT molecular complexity index is 430. The average molecular weight is 232 g/mol. The first-order valence-corrected chi connectivity index (χ1v) is 6.05. The van der Waals surface area contributed by atoms with Crippen molar-refractivity contribution in [2.75, 3.05) is 27.2 Å². The van der Waals surface area contributed by atoms with Crippen LogP contribution in [-0.4, -0.2) is 41.5 Å². The lowest BCUT2D eigenvalue weighted by Crippen LogP contribution is -2.22. The van der Waals surface area contributed by atoms with Gasteiger partial charge in [-0.05, 0) is 45.7 Å². The number of fused-ring (bicyclic) bond motifs is 1. The van der Waals surface area contributed by atoms with Crippen molar-refractivity contribution in [3.05, 3.63) is 36.3 Å². The molecule has 0 spiro atoms. The SMILES string of the molecule is CNCCCN(C)Cc1cn2ccccc2n1. The molecule has 1 N–H and O–H groups in total. The summed E-state index contributed by atoms with van der Waals surface area (Å²) < 4.78 is 2.07. The van der Waals surface area contributed by atoms with E-state index in [0.29, 0.717) is 0 Å². The molecule has 4 heteroatoms. The minimum absolute atomic E-state index is 0.908. The number of hydrogen-bond acceptors (Lipinski definition) is 3. The quantitative estimate of drug-likeness (QED) is 0.764. The second-order valence-electron chi connectivity index (χ2n) is 4.39. The van der Waals surface area contributed by atoms with Crippen molar-refractivity contribution in [1.29, 1.82) is 0 Å². The van der Waals surface area contributed by atoms with Crippen LogP contribution in [0, 0.1) is 0 Å². The zero-order chi connectivity index (χ0) is 12.1. The maximum absolute atomic E-state index is 4.59. The third-order valence-electron chi connectivity index (χ3n) is 2.81. The molecule has 0 radical (unpaired) electrons. The summed E-state index contributed by atoms with van der Waals surface area (Å²) in [5.74, 6) is 0. The number of pyridine rings is 1. The molecule has 4 nitrogen and oxygen atoms in total. The summed E-state index contributed by atoms with van der Waals surface area (Å²) in [6, 6.07) is 6.07. The van der Waals surface area contributed by atoms with Crippen LogP contribution in [-0.2, 0) is 6.54 Å². The van der Waals surface area contributed by atoms with Crippen LogP contribution in [0.25, 0.3) is 5.65 Å². The molecule has 0 aliphatic heterocycles. The highest BCUT2D eigenvalue weighted by molar-refractivity contribution is 5.39. The third kappa shape index (κ3) is 3.28. The van der Waals surface area contributed by atoms with E-state index in [9.17, 15) is 0 Å². The van der Waals surface area contributed by atoms with Crippen molar-refractivity contribution in [3.63, 3.8) is 0 Å². The van der Waals surface area contributed by atoms with Crippen molar-refractivity contribution in [2.45, 2.75) is 13.0 Å². The Morgan fingerprint density at radius 3 is 3.06 bits per heavy atom. The molecule has 0 aliphatic carbocycles. The van der Waals surface area contributed by atoms with Crippen molar-refractivity contribution >= 4 is 5.65 Å². The topological polar surface area (TPSA) is 32.6 Å². The first kappa shape index (κ1) is 12.1.